The highest BCUT2D eigenvalue weighted by molar-refractivity contribution is 9.10. The Labute approximate surface area is 101 Å². The third-order valence-electron chi connectivity index (χ3n) is 1.90. The van der Waals surface area contributed by atoms with Crippen LogP contribution in [0.25, 0.3) is 0 Å². The fourth-order valence-electron chi connectivity index (χ4n) is 1.17. The van der Waals surface area contributed by atoms with Crippen molar-refractivity contribution >= 4 is 27.7 Å². The summed E-state index contributed by atoms with van der Waals surface area (Å²) in [6, 6.07) is 8.62. The maximum atomic E-state index is 11.7. The molecule has 0 unspecified atom stereocenters. The molecule has 2 rings (SSSR count). The van der Waals surface area contributed by atoms with Gasteiger partial charge in [0.1, 0.15) is 10.4 Å². The fraction of sp³-hybridized carbons (Fsp3) is 0. The molecule has 0 spiro atoms. The van der Waals surface area contributed by atoms with Crippen LogP contribution in [0.3, 0.4) is 0 Å². The summed E-state index contributed by atoms with van der Waals surface area (Å²) in [5.74, 6) is 0.309. The van der Waals surface area contributed by atoms with Gasteiger partial charge >= 0.3 is 0 Å². The van der Waals surface area contributed by atoms with Crippen LogP contribution in [0.2, 0.25) is 0 Å². The topological polar surface area (TPSA) is 54.9 Å². The minimum Gasteiger partial charge on any atom is -0.307 e. The zero-order valence-electron chi connectivity index (χ0n) is 8.22. The molecule has 1 amide bonds. The second-order valence-corrected chi connectivity index (χ2v) is 3.85. The lowest BCUT2D eigenvalue weighted by atomic mass is 10.2. The standard InChI is InChI=1S/C11H8BrN3O/c12-9-2-1-3-10(14-9)15-11(16)8-4-6-13-7-5-8/h1-7H,(H,14,15,16). The van der Waals surface area contributed by atoms with Crippen molar-refractivity contribution in [1.82, 2.24) is 9.97 Å². The van der Waals surface area contributed by atoms with Crippen LogP contribution in [0.5, 0.6) is 0 Å². The predicted octanol–water partition coefficient (Wildman–Crippen LogP) is 2.49. The van der Waals surface area contributed by atoms with Crippen molar-refractivity contribution < 1.29 is 4.79 Å². The van der Waals surface area contributed by atoms with Gasteiger partial charge in [0.05, 0.1) is 0 Å². The minimum atomic E-state index is -0.201. The van der Waals surface area contributed by atoms with E-state index in [0.29, 0.717) is 16.0 Å². The first kappa shape index (κ1) is 10.8. The van der Waals surface area contributed by atoms with E-state index in [-0.39, 0.29) is 5.91 Å². The highest BCUT2D eigenvalue weighted by atomic mass is 79.9. The molecule has 0 aliphatic heterocycles. The Hall–Kier alpha value is -1.75. The van der Waals surface area contributed by atoms with E-state index >= 15 is 0 Å². The molecule has 2 aromatic heterocycles. The monoisotopic (exact) mass is 277 g/mol. The Bertz CT molecular complexity index is 502. The van der Waals surface area contributed by atoms with Crippen molar-refractivity contribution in [3.05, 3.63) is 52.9 Å². The van der Waals surface area contributed by atoms with Crippen LogP contribution in [0.15, 0.2) is 47.3 Å². The average Bonchev–Trinajstić information content (AvgIpc) is 2.30. The molecular formula is C11H8BrN3O. The Balaban J connectivity index is 2.14. The van der Waals surface area contributed by atoms with Crippen molar-refractivity contribution in [3.8, 4) is 0 Å². The number of pyridine rings is 2. The number of rotatable bonds is 2. The zero-order valence-corrected chi connectivity index (χ0v) is 9.81. The molecule has 0 saturated heterocycles. The van der Waals surface area contributed by atoms with Crippen LogP contribution in [0.4, 0.5) is 5.82 Å². The number of nitrogens with zero attached hydrogens (tertiary/aromatic N) is 2. The SMILES string of the molecule is O=C(Nc1cccc(Br)n1)c1ccncc1. The van der Waals surface area contributed by atoms with Crippen LogP contribution < -0.4 is 5.32 Å². The lowest BCUT2D eigenvalue weighted by Crippen LogP contribution is -2.12. The molecular weight excluding hydrogens is 270 g/mol. The number of hydrogen-bond donors (Lipinski definition) is 1. The summed E-state index contributed by atoms with van der Waals surface area (Å²) in [6.07, 6.45) is 3.15. The number of nitrogens with one attached hydrogen (secondary N) is 1. The number of carbonyl (C=O) groups is 1. The number of carbonyl (C=O) groups excluding carboxylic acids is 1. The van der Waals surface area contributed by atoms with E-state index in [0.717, 1.165) is 0 Å². The molecule has 0 radical (unpaired) electrons. The summed E-state index contributed by atoms with van der Waals surface area (Å²) in [7, 11) is 0. The minimum absolute atomic E-state index is 0.201. The first-order chi connectivity index (χ1) is 7.75. The first-order valence-electron chi connectivity index (χ1n) is 4.59. The molecule has 0 aromatic carbocycles. The second kappa shape index (κ2) is 4.85. The van der Waals surface area contributed by atoms with Gasteiger partial charge in [0, 0.05) is 18.0 Å². The number of hydrogen-bond acceptors (Lipinski definition) is 3. The van der Waals surface area contributed by atoms with Gasteiger partial charge in [0.2, 0.25) is 0 Å². The number of anilines is 1. The molecule has 2 heterocycles. The summed E-state index contributed by atoms with van der Waals surface area (Å²) in [5.41, 5.74) is 0.553. The molecule has 1 N–H and O–H groups in total. The van der Waals surface area contributed by atoms with E-state index in [9.17, 15) is 4.79 Å². The number of aromatic nitrogens is 2. The van der Waals surface area contributed by atoms with Gasteiger partial charge in [-0.25, -0.2) is 4.98 Å². The lowest BCUT2D eigenvalue weighted by molar-refractivity contribution is 0.102. The van der Waals surface area contributed by atoms with Crippen molar-refractivity contribution in [2.45, 2.75) is 0 Å². The van der Waals surface area contributed by atoms with Crippen molar-refractivity contribution in [2.75, 3.05) is 5.32 Å². The van der Waals surface area contributed by atoms with Crippen LogP contribution in [0.1, 0.15) is 10.4 Å². The highest BCUT2D eigenvalue weighted by Crippen LogP contribution is 2.11. The van der Waals surface area contributed by atoms with Crippen molar-refractivity contribution in [2.24, 2.45) is 0 Å². The fourth-order valence-corrected chi connectivity index (χ4v) is 1.51. The molecule has 5 heteroatoms. The second-order valence-electron chi connectivity index (χ2n) is 3.04. The van der Waals surface area contributed by atoms with E-state index in [1.807, 2.05) is 0 Å². The summed E-state index contributed by atoms with van der Waals surface area (Å²) < 4.78 is 0.681. The molecule has 0 aliphatic rings. The van der Waals surface area contributed by atoms with Crippen molar-refractivity contribution in [1.29, 1.82) is 0 Å². The summed E-state index contributed by atoms with van der Waals surface area (Å²) in [5, 5.41) is 2.69. The van der Waals surface area contributed by atoms with E-state index < -0.39 is 0 Å². The molecule has 0 aliphatic carbocycles. The lowest BCUT2D eigenvalue weighted by Gasteiger charge is -2.03. The Kier molecular flexibility index (Phi) is 3.26. The van der Waals surface area contributed by atoms with Crippen molar-refractivity contribution in [3.63, 3.8) is 0 Å². The molecule has 80 valence electrons. The number of amides is 1. The van der Waals surface area contributed by atoms with E-state index in [1.165, 1.54) is 0 Å². The number of halogens is 1. The maximum Gasteiger partial charge on any atom is 0.256 e. The third kappa shape index (κ3) is 2.64. The molecule has 2 aromatic rings. The molecule has 4 nitrogen and oxygen atoms in total. The van der Waals surface area contributed by atoms with Gasteiger partial charge in [-0.15, -0.1) is 0 Å². The Morgan fingerprint density at radius 1 is 1.19 bits per heavy atom. The Morgan fingerprint density at radius 2 is 1.94 bits per heavy atom. The van der Waals surface area contributed by atoms with Gasteiger partial charge in [-0.1, -0.05) is 6.07 Å². The highest BCUT2D eigenvalue weighted by Gasteiger charge is 2.05. The predicted molar refractivity (Wildman–Crippen MR) is 64.1 cm³/mol. The van der Waals surface area contributed by atoms with Gasteiger partial charge in [-0.2, -0.15) is 0 Å². The normalized spacial score (nSPS) is 9.81. The van der Waals surface area contributed by atoms with Crippen LogP contribution in [-0.2, 0) is 0 Å². The van der Waals surface area contributed by atoms with Gasteiger partial charge < -0.3 is 5.32 Å². The average molecular weight is 278 g/mol. The van der Waals surface area contributed by atoms with Crippen LogP contribution >= 0.6 is 15.9 Å². The first-order valence-corrected chi connectivity index (χ1v) is 5.39. The largest absolute Gasteiger partial charge is 0.307 e. The van der Waals surface area contributed by atoms with Crippen LogP contribution in [0, 0.1) is 0 Å². The van der Waals surface area contributed by atoms with E-state index in [4.69, 9.17) is 0 Å². The van der Waals surface area contributed by atoms with Gasteiger partial charge in [-0.05, 0) is 40.2 Å². The summed E-state index contributed by atoms with van der Waals surface area (Å²) in [6.45, 7) is 0. The Morgan fingerprint density at radius 3 is 2.62 bits per heavy atom. The van der Waals surface area contributed by atoms with Gasteiger partial charge in [-0.3, -0.25) is 9.78 Å². The third-order valence-corrected chi connectivity index (χ3v) is 2.34. The molecule has 0 fully saturated rings. The zero-order chi connectivity index (χ0) is 11.4. The molecule has 0 atom stereocenters. The van der Waals surface area contributed by atoms with E-state index in [2.05, 4.69) is 31.2 Å². The molecule has 16 heavy (non-hydrogen) atoms. The van der Waals surface area contributed by atoms with Crippen LogP contribution in [-0.4, -0.2) is 15.9 Å². The smallest absolute Gasteiger partial charge is 0.256 e. The quantitative estimate of drug-likeness (QED) is 0.859. The maximum absolute atomic E-state index is 11.7. The summed E-state index contributed by atoms with van der Waals surface area (Å²) in [4.78, 5) is 19.7. The van der Waals surface area contributed by atoms with E-state index in [1.54, 1.807) is 42.7 Å². The van der Waals surface area contributed by atoms with Gasteiger partial charge in [0.15, 0.2) is 0 Å². The summed E-state index contributed by atoms with van der Waals surface area (Å²) >= 11 is 3.24. The molecule has 0 bridgehead atoms. The molecule has 0 saturated carbocycles. The van der Waals surface area contributed by atoms with Gasteiger partial charge in [0.25, 0.3) is 5.91 Å².